The second kappa shape index (κ2) is 6.62. The number of amides is 2. The minimum atomic E-state index is -5.03. The van der Waals surface area contributed by atoms with Crippen molar-refractivity contribution in [3.63, 3.8) is 0 Å². The topological polar surface area (TPSA) is 64.4 Å². The third-order valence-corrected chi connectivity index (χ3v) is 5.32. The number of hydrogen-bond donors (Lipinski definition) is 0. The number of imide groups is 1. The van der Waals surface area contributed by atoms with E-state index in [1.54, 1.807) is 7.05 Å². The van der Waals surface area contributed by atoms with Gasteiger partial charge in [-0.2, -0.15) is 18.4 Å². The molecule has 8 heteroatoms. The number of rotatable bonds is 1. The molecule has 0 bridgehead atoms. The molecular weight excluding hydrogens is 383 g/mol. The maximum Gasteiger partial charge on any atom is 0.418 e. The lowest BCUT2D eigenvalue weighted by atomic mass is 9.83. The van der Waals surface area contributed by atoms with Gasteiger partial charge in [-0.25, -0.2) is 0 Å². The van der Waals surface area contributed by atoms with E-state index in [0.29, 0.717) is 10.6 Å². The maximum atomic E-state index is 13.6. The summed E-state index contributed by atoms with van der Waals surface area (Å²) in [4.78, 5) is 26.8. The van der Waals surface area contributed by atoms with Crippen LogP contribution in [-0.4, -0.2) is 37.0 Å². The lowest BCUT2D eigenvalue weighted by molar-refractivity contribution is -0.141. The number of alkyl halides is 3. The Balaban J connectivity index is 2.21. The molecule has 0 N–H and O–H groups in total. The number of nitrogens with zero attached hydrogens (tertiary/aromatic N) is 3. The summed E-state index contributed by atoms with van der Waals surface area (Å²) >= 11 is 0. The molecule has 2 aliphatic heterocycles. The van der Waals surface area contributed by atoms with Crippen LogP contribution in [0.2, 0.25) is 0 Å². The highest BCUT2D eigenvalue weighted by atomic mass is 19.4. The highest BCUT2D eigenvalue weighted by molar-refractivity contribution is 6.18. The van der Waals surface area contributed by atoms with Gasteiger partial charge < -0.3 is 4.90 Å². The fourth-order valence-electron chi connectivity index (χ4n) is 3.81. The van der Waals surface area contributed by atoms with Crippen molar-refractivity contribution in [1.82, 2.24) is 4.90 Å². The Kier molecular flexibility index (Phi) is 4.66. The van der Waals surface area contributed by atoms with Gasteiger partial charge in [-0.05, 0) is 23.8 Å². The first kappa shape index (κ1) is 20.4. The van der Waals surface area contributed by atoms with Gasteiger partial charge >= 0.3 is 6.18 Å². The number of carbonyl (C=O) groups excluding carboxylic acids is 2. The van der Waals surface area contributed by atoms with Crippen molar-refractivity contribution in [3.05, 3.63) is 64.4 Å². The number of carbonyl (C=O) groups is 2. The molecule has 0 aliphatic carbocycles. The summed E-state index contributed by atoms with van der Waals surface area (Å²) in [6, 6.07) is 8.88. The summed E-state index contributed by atoms with van der Waals surface area (Å²) in [7, 11) is 2.84. The van der Waals surface area contributed by atoms with Gasteiger partial charge in [-0.15, -0.1) is 0 Å². The molecular formula is C21H18F3N3O2. The Labute approximate surface area is 166 Å². The molecule has 0 fully saturated rings. The average molecular weight is 401 g/mol. The third-order valence-electron chi connectivity index (χ3n) is 5.32. The van der Waals surface area contributed by atoms with Crippen LogP contribution in [0.4, 0.5) is 18.9 Å². The van der Waals surface area contributed by atoms with Crippen LogP contribution in [0.1, 0.15) is 19.4 Å². The summed E-state index contributed by atoms with van der Waals surface area (Å²) in [5.41, 5.74) is -1.25. The van der Waals surface area contributed by atoms with Crippen molar-refractivity contribution >= 4 is 17.5 Å². The highest BCUT2D eigenvalue weighted by Gasteiger charge is 2.48. The van der Waals surface area contributed by atoms with Crippen molar-refractivity contribution in [2.24, 2.45) is 0 Å². The van der Waals surface area contributed by atoms with E-state index < -0.39 is 40.1 Å². The first-order chi connectivity index (χ1) is 13.4. The third kappa shape index (κ3) is 3.03. The summed E-state index contributed by atoms with van der Waals surface area (Å²) < 4.78 is 40.9. The molecule has 0 saturated carbocycles. The van der Waals surface area contributed by atoms with E-state index in [9.17, 15) is 22.8 Å². The first-order valence-electron chi connectivity index (χ1n) is 8.73. The second-order valence-electron chi connectivity index (χ2n) is 7.36. The number of benzene rings is 1. The molecule has 29 heavy (non-hydrogen) atoms. The van der Waals surface area contributed by atoms with Gasteiger partial charge in [0.25, 0.3) is 11.8 Å². The van der Waals surface area contributed by atoms with E-state index in [1.165, 1.54) is 12.1 Å². The van der Waals surface area contributed by atoms with Crippen molar-refractivity contribution < 1.29 is 22.8 Å². The van der Waals surface area contributed by atoms with Crippen molar-refractivity contribution in [1.29, 1.82) is 5.26 Å². The fraction of sp³-hybridized carbons (Fsp3) is 0.286. The van der Waals surface area contributed by atoms with Crippen LogP contribution in [-0.2, 0) is 15.0 Å². The van der Waals surface area contributed by atoms with Gasteiger partial charge in [0.15, 0.2) is 0 Å². The largest absolute Gasteiger partial charge is 0.418 e. The van der Waals surface area contributed by atoms with E-state index >= 15 is 0 Å². The van der Waals surface area contributed by atoms with E-state index in [-0.39, 0.29) is 0 Å². The zero-order valence-corrected chi connectivity index (χ0v) is 16.3. The molecule has 2 heterocycles. The number of nitriles is 1. The Morgan fingerprint density at radius 3 is 2.21 bits per heavy atom. The average Bonchev–Trinajstić information content (AvgIpc) is 2.84. The molecule has 2 aliphatic rings. The Hall–Kier alpha value is -3.34. The summed E-state index contributed by atoms with van der Waals surface area (Å²) in [5.74, 6) is -2.37. The van der Waals surface area contributed by atoms with Crippen LogP contribution in [0.15, 0.2) is 58.8 Å². The monoisotopic (exact) mass is 401 g/mol. The molecule has 0 unspecified atom stereocenters. The smallest absolute Gasteiger partial charge is 0.347 e. The number of hydrogen-bond acceptors (Lipinski definition) is 4. The molecule has 0 atom stereocenters. The van der Waals surface area contributed by atoms with Gasteiger partial charge in [0.1, 0.15) is 11.6 Å². The fourth-order valence-corrected chi connectivity index (χ4v) is 3.81. The minimum absolute atomic E-state index is 0.512. The standard InChI is InChI=1S/C21H18F3N3O2/c1-20(2)14-7-5-6-8-15(14)26(3)16(20)10-9-12-17(21(22,23)24)13(11-25)19(29)27(4)18(12)28/h5-10H,1-4H3/b12-9-,16-10+. The van der Waals surface area contributed by atoms with Crippen LogP contribution in [0, 0.1) is 11.3 Å². The number of halogens is 3. The van der Waals surface area contributed by atoms with Crippen LogP contribution in [0.3, 0.4) is 0 Å². The molecule has 0 saturated heterocycles. The van der Waals surface area contributed by atoms with E-state index in [0.717, 1.165) is 24.4 Å². The molecule has 1 aromatic carbocycles. The zero-order chi connectivity index (χ0) is 21.7. The van der Waals surface area contributed by atoms with Crippen molar-refractivity contribution in [3.8, 4) is 6.07 Å². The maximum absolute atomic E-state index is 13.6. The Morgan fingerprint density at radius 1 is 1.03 bits per heavy atom. The summed E-state index contributed by atoms with van der Waals surface area (Å²) in [6.07, 6.45) is -2.54. The first-order valence-corrected chi connectivity index (χ1v) is 8.73. The number of likely N-dealkylation sites (N-methyl/N-ethyl adjacent to an activating group) is 2. The van der Waals surface area contributed by atoms with Crippen molar-refractivity contribution in [2.45, 2.75) is 25.4 Å². The quantitative estimate of drug-likeness (QED) is 0.533. The van der Waals surface area contributed by atoms with E-state index in [4.69, 9.17) is 5.26 Å². The Morgan fingerprint density at radius 2 is 1.66 bits per heavy atom. The van der Waals surface area contributed by atoms with Gasteiger partial charge in [0.2, 0.25) is 0 Å². The van der Waals surface area contributed by atoms with Gasteiger partial charge in [0.05, 0.1) is 11.1 Å². The zero-order valence-electron chi connectivity index (χ0n) is 16.3. The predicted molar refractivity (Wildman–Crippen MR) is 101 cm³/mol. The number of anilines is 1. The lowest BCUT2D eigenvalue weighted by Gasteiger charge is -2.27. The minimum Gasteiger partial charge on any atom is -0.347 e. The summed E-state index contributed by atoms with van der Waals surface area (Å²) in [6.45, 7) is 3.86. The van der Waals surface area contributed by atoms with E-state index in [2.05, 4.69) is 0 Å². The van der Waals surface area contributed by atoms with Gasteiger partial charge in [-0.3, -0.25) is 14.5 Å². The van der Waals surface area contributed by atoms with Crippen LogP contribution >= 0.6 is 0 Å². The van der Waals surface area contributed by atoms with Gasteiger partial charge in [0, 0.05) is 30.9 Å². The predicted octanol–water partition coefficient (Wildman–Crippen LogP) is 3.61. The molecule has 0 spiro atoms. The number of fused-ring (bicyclic) bond motifs is 1. The van der Waals surface area contributed by atoms with E-state index in [1.807, 2.05) is 43.0 Å². The number of para-hydroxylation sites is 1. The van der Waals surface area contributed by atoms with Crippen LogP contribution < -0.4 is 4.90 Å². The van der Waals surface area contributed by atoms with Crippen LogP contribution in [0.25, 0.3) is 0 Å². The molecule has 2 amide bonds. The van der Waals surface area contributed by atoms with Gasteiger partial charge in [-0.1, -0.05) is 32.0 Å². The summed E-state index contributed by atoms with van der Waals surface area (Å²) in [5, 5.41) is 9.12. The molecule has 5 nitrogen and oxygen atoms in total. The molecule has 1 aromatic rings. The molecule has 150 valence electrons. The second-order valence-corrected chi connectivity index (χ2v) is 7.36. The van der Waals surface area contributed by atoms with Crippen LogP contribution in [0.5, 0.6) is 0 Å². The van der Waals surface area contributed by atoms with Crippen molar-refractivity contribution in [2.75, 3.05) is 19.0 Å². The lowest BCUT2D eigenvalue weighted by Crippen LogP contribution is -2.42. The molecule has 0 aromatic heterocycles. The molecule has 3 rings (SSSR count). The normalized spacial score (nSPS) is 21.9. The SMILES string of the molecule is CN1C(=O)C(C#N)=C(C(F)(F)F)/C(=C/C=C2/N(C)c3ccccc3C2(C)C)C1=O. The highest BCUT2D eigenvalue weighted by Crippen LogP contribution is 2.47. The Bertz CT molecular complexity index is 1060. The molecule has 0 radical (unpaired) electrons. The number of allylic oxidation sites excluding steroid dienone is 3.